The Hall–Kier alpha value is -0.740. The molecule has 0 aliphatic rings. The number of halogens is 1. The Kier molecular flexibility index (Phi) is 4.42. The summed E-state index contributed by atoms with van der Waals surface area (Å²) in [7, 11) is 0. The topological polar surface area (TPSA) is 55.5 Å². The molecule has 1 aromatic rings. The highest BCUT2D eigenvalue weighted by molar-refractivity contribution is 9.10. The van der Waals surface area contributed by atoms with Crippen LogP contribution in [-0.2, 0) is 0 Å². The first-order valence-corrected chi connectivity index (χ1v) is 5.80. The van der Waals surface area contributed by atoms with E-state index >= 15 is 0 Å². The van der Waals surface area contributed by atoms with E-state index in [0.717, 1.165) is 12.0 Å². The van der Waals surface area contributed by atoms with Crippen molar-refractivity contribution in [1.82, 2.24) is 0 Å². The van der Waals surface area contributed by atoms with Crippen LogP contribution in [0.15, 0.2) is 16.6 Å². The van der Waals surface area contributed by atoms with Crippen molar-refractivity contribution in [1.29, 1.82) is 0 Å². The summed E-state index contributed by atoms with van der Waals surface area (Å²) in [6, 6.07) is 3.59. The van der Waals surface area contributed by atoms with Crippen molar-refractivity contribution in [2.45, 2.75) is 26.3 Å². The fourth-order valence-corrected chi connectivity index (χ4v) is 1.77. The van der Waals surface area contributed by atoms with Gasteiger partial charge in [0.25, 0.3) is 0 Å². The van der Waals surface area contributed by atoms with E-state index in [4.69, 9.17) is 10.5 Å². The van der Waals surface area contributed by atoms with Crippen molar-refractivity contribution in [2.75, 3.05) is 6.61 Å². The van der Waals surface area contributed by atoms with Crippen LogP contribution in [-0.4, -0.2) is 11.7 Å². The summed E-state index contributed by atoms with van der Waals surface area (Å²) < 4.78 is 5.94. The van der Waals surface area contributed by atoms with Gasteiger partial charge in [-0.05, 0) is 47.0 Å². The lowest BCUT2D eigenvalue weighted by atomic mass is 10.1. The molecule has 1 aromatic carbocycles. The molecule has 84 valence electrons. The Morgan fingerprint density at radius 3 is 2.67 bits per heavy atom. The van der Waals surface area contributed by atoms with Gasteiger partial charge in [0.15, 0.2) is 11.5 Å². The fourth-order valence-electron chi connectivity index (χ4n) is 1.31. The van der Waals surface area contributed by atoms with Crippen molar-refractivity contribution < 1.29 is 9.84 Å². The summed E-state index contributed by atoms with van der Waals surface area (Å²) in [5.74, 6) is 0.606. The summed E-state index contributed by atoms with van der Waals surface area (Å²) >= 11 is 3.28. The molecule has 0 aromatic heterocycles. The average Bonchev–Trinajstić information content (AvgIpc) is 2.23. The summed E-state index contributed by atoms with van der Waals surface area (Å²) in [5, 5.41) is 9.69. The minimum Gasteiger partial charge on any atom is -0.503 e. The van der Waals surface area contributed by atoms with Crippen molar-refractivity contribution in [3.63, 3.8) is 0 Å². The quantitative estimate of drug-likeness (QED) is 0.887. The second kappa shape index (κ2) is 5.37. The van der Waals surface area contributed by atoms with Crippen LogP contribution in [0.3, 0.4) is 0 Å². The van der Waals surface area contributed by atoms with Gasteiger partial charge in [0.2, 0.25) is 0 Å². The minimum absolute atomic E-state index is 0.0268. The predicted molar refractivity (Wildman–Crippen MR) is 64.2 cm³/mol. The van der Waals surface area contributed by atoms with E-state index in [1.54, 1.807) is 6.07 Å². The Bertz CT molecular complexity index is 342. The predicted octanol–water partition coefficient (Wildman–Crippen LogP) is 2.96. The van der Waals surface area contributed by atoms with E-state index in [-0.39, 0.29) is 11.8 Å². The molecule has 0 radical (unpaired) electrons. The molecule has 0 bridgehead atoms. The Morgan fingerprint density at radius 1 is 1.47 bits per heavy atom. The number of hydrogen-bond donors (Lipinski definition) is 2. The number of rotatable bonds is 4. The van der Waals surface area contributed by atoms with E-state index < -0.39 is 0 Å². The SMILES string of the molecule is CCOc1cc([C@@H](N)CC)cc(Br)c1O. The summed E-state index contributed by atoms with van der Waals surface area (Å²) in [6.07, 6.45) is 0.850. The highest BCUT2D eigenvalue weighted by Gasteiger charge is 2.12. The summed E-state index contributed by atoms with van der Waals surface area (Å²) in [5.41, 5.74) is 6.88. The Balaban J connectivity index is 3.11. The lowest BCUT2D eigenvalue weighted by molar-refractivity contribution is 0.316. The standard InChI is InChI=1S/C11H16BrNO2/c1-3-9(13)7-5-8(12)11(14)10(6-7)15-4-2/h5-6,9,14H,3-4,13H2,1-2H3/t9-/m0/s1. The molecule has 0 heterocycles. The molecular formula is C11H16BrNO2. The summed E-state index contributed by atoms with van der Waals surface area (Å²) in [4.78, 5) is 0. The second-order valence-electron chi connectivity index (χ2n) is 3.30. The van der Waals surface area contributed by atoms with E-state index in [1.165, 1.54) is 0 Å². The van der Waals surface area contributed by atoms with E-state index in [1.807, 2.05) is 19.9 Å². The van der Waals surface area contributed by atoms with E-state index in [2.05, 4.69) is 15.9 Å². The van der Waals surface area contributed by atoms with Gasteiger partial charge in [-0.1, -0.05) is 6.92 Å². The average molecular weight is 274 g/mol. The smallest absolute Gasteiger partial charge is 0.172 e. The number of phenolic OH excluding ortho intramolecular Hbond substituents is 1. The molecule has 0 spiro atoms. The molecule has 0 fully saturated rings. The van der Waals surface area contributed by atoms with Crippen LogP contribution in [0.1, 0.15) is 31.9 Å². The molecule has 1 atom stereocenters. The lowest BCUT2D eigenvalue weighted by Crippen LogP contribution is -2.09. The molecule has 3 N–H and O–H groups in total. The Labute approximate surface area is 98.4 Å². The van der Waals surface area contributed by atoms with Crippen LogP contribution in [0.25, 0.3) is 0 Å². The molecule has 0 aliphatic carbocycles. The molecule has 15 heavy (non-hydrogen) atoms. The van der Waals surface area contributed by atoms with Crippen LogP contribution < -0.4 is 10.5 Å². The van der Waals surface area contributed by atoms with Gasteiger partial charge in [0.05, 0.1) is 11.1 Å². The van der Waals surface area contributed by atoms with Gasteiger partial charge in [-0.15, -0.1) is 0 Å². The third kappa shape index (κ3) is 2.86. The summed E-state index contributed by atoms with van der Waals surface area (Å²) in [6.45, 7) is 4.41. The lowest BCUT2D eigenvalue weighted by Gasteiger charge is -2.14. The van der Waals surface area contributed by atoms with Crippen LogP contribution >= 0.6 is 15.9 Å². The van der Waals surface area contributed by atoms with E-state index in [0.29, 0.717) is 16.8 Å². The van der Waals surface area contributed by atoms with Crippen LogP contribution in [0.2, 0.25) is 0 Å². The van der Waals surface area contributed by atoms with Gasteiger partial charge in [0.1, 0.15) is 0 Å². The first kappa shape index (κ1) is 12.3. The van der Waals surface area contributed by atoms with Crippen molar-refractivity contribution >= 4 is 15.9 Å². The molecule has 3 nitrogen and oxygen atoms in total. The van der Waals surface area contributed by atoms with Gasteiger partial charge in [-0.25, -0.2) is 0 Å². The maximum Gasteiger partial charge on any atom is 0.172 e. The van der Waals surface area contributed by atoms with Crippen molar-refractivity contribution in [2.24, 2.45) is 5.73 Å². The van der Waals surface area contributed by atoms with Crippen LogP contribution in [0, 0.1) is 0 Å². The van der Waals surface area contributed by atoms with Gasteiger partial charge in [-0.2, -0.15) is 0 Å². The molecule has 0 saturated heterocycles. The first-order chi connectivity index (χ1) is 7.10. The fraction of sp³-hybridized carbons (Fsp3) is 0.455. The van der Waals surface area contributed by atoms with Gasteiger partial charge in [-0.3, -0.25) is 0 Å². The third-order valence-electron chi connectivity index (χ3n) is 2.22. The van der Waals surface area contributed by atoms with Gasteiger partial charge < -0.3 is 15.6 Å². The molecule has 1 rings (SSSR count). The maximum atomic E-state index is 9.69. The Morgan fingerprint density at radius 2 is 2.13 bits per heavy atom. The monoisotopic (exact) mass is 273 g/mol. The number of benzene rings is 1. The molecule has 4 heteroatoms. The van der Waals surface area contributed by atoms with Crippen LogP contribution in [0.4, 0.5) is 0 Å². The van der Waals surface area contributed by atoms with Crippen LogP contribution in [0.5, 0.6) is 11.5 Å². The number of ether oxygens (including phenoxy) is 1. The molecule has 0 aliphatic heterocycles. The van der Waals surface area contributed by atoms with Gasteiger partial charge >= 0.3 is 0 Å². The van der Waals surface area contributed by atoms with Crippen molar-refractivity contribution in [3.05, 3.63) is 22.2 Å². The molecule has 0 amide bonds. The largest absolute Gasteiger partial charge is 0.503 e. The highest BCUT2D eigenvalue weighted by atomic mass is 79.9. The number of aromatic hydroxyl groups is 1. The molecule has 0 unspecified atom stereocenters. The van der Waals surface area contributed by atoms with Crippen molar-refractivity contribution in [3.8, 4) is 11.5 Å². The normalized spacial score (nSPS) is 12.5. The maximum absolute atomic E-state index is 9.69. The van der Waals surface area contributed by atoms with E-state index in [9.17, 15) is 5.11 Å². The first-order valence-electron chi connectivity index (χ1n) is 5.00. The van der Waals surface area contributed by atoms with Gasteiger partial charge in [0, 0.05) is 6.04 Å². The third-order valence-corrected chi connectivity index (χ3v) is 2.82. The number of nitrogens with two attached hydrogens (primary N) is 1. The number of hydrogen-bond acceptors (Lipinski definition) is 3. The number of phenols is 1. The molecule has 0 saturated carbocycles. The zero-order chi connectivity index (χ0) is 11.4. The zero-order valence-corrected chi connectivity index (χ0v) is 10.5. The second-order valence-corrected chi connectivity index (χ2v) is 4.15. The highest BCUT2D eigenvalue weighted by Crippen LogP contribution is 2.37. The zero-order valence-electron chi connectivity index (χ0n) is 8.96. The minimum atomic E-state index is -0.0268. The molecular weight excluding hydrogens is 258 g/mol.